The molecule has 0 amide bonds. The second kappa shape index (κ2) is 6.37. The van der Waals surface area contributed by atoms with Crippen molar-refractivity contribution < 1.29 is 13.9 Å². The van der Waals surface area contributed by atoms with Gasteiger partial charge in [0.1, 0.15) is 11.6 Å². The van der Waals surface area contributed by atoms with Crippen LogP contribution in [0.4, 0.5) is 4.39 Å². The van der Waals surface area contributed by atoms with Gasteiger partial charge in [0.05, 0.1) is 17.1 Å². The number of carbonyl (C=O) groups is 1. The van der Waals surface area contributed by atoms with E-state index in [1.165, 1.54) is 19.2 Å². The summed E-state index contributed by atoms with van der Waals surface area (Å²) in [6.07, 6.45) is 0.176. The highest BCUT2D eigenvalue weighted by atomic mass is 79.9. The Morgan fingerprint density at radius 2 is 2.10 bits per heavy atom. The number of methoxy groups -OCH3 is 1. The molecule has 2 aromatic rings. The average molecular weight is 358 g/mol. The van der Waals surface area contributed by atoms with Crippen molar-refractivity contribution >= 4 is 33.3 Å². The minimum Gasteiger partial charge on any atom is -0.496 e. The number of hydrogen-bond acceptors (Lipinski definition) is 2. The fourth-order valence-corrected chi connectivity index (χ4v) is 2.40. The zero-order valence-corrected chi connectivity index (χ0v) is 13.0. The molecule has 2 nitrogen and oxygen atoms in total. The van der Waals surface area contributed by atoms with Crippen LogP contribution in [0.5, 0.6) is 5.75 Å². The molecule has 0 atom stereocenters. The first kappa shape index (κ1) is 15.0. The summed E-state index contributed by atoms with van der Waals surface area (Å²) >= 11 is 8.96. The van der Waals surface area contributed by atoms with E-state index in [9.17, 15) is 9.18 Å². The normalized spacial score (nSPS) is 10.4. The molecule has 0 radical (unpaired) electrons. The molecule has 0 fully saturated rings. The molecule has 0 saturated carbocycles. The number of halogens is 3. The van der Waals surface area contributed by atoms with Crippen molar-refractivity contribution in [3.05, 3.63) is 62.8 Å². The quantitative estimate of drug-likeness (QED) is 0.743. The fourth-order valence-electron chi connectivity index (χ4n) is 1.84. The molecule has 0 N–H and O–H groups in total. The number of ether oxygens (including phenoxy) is 1. The van der Waals surface area contributed by atoms with Gasteiger partial charge in [0.25, 0.3) is 0 Å². The molecule has 104 valence electrons. The van der Waals surface area contributed by atoms with Crippen molar-refractivity contribution in [1.82, 2.24) is 0 Å². The van der Waals surface area contributed by atoms with Crippen LogP contribution in [-0.4, -0.2) is 12.9 Å². The van der Waals surface area contributed by atoms with Crippen LogP contribution in [0.3, 0.4) is 0 Å². The molecule has 0 heterocycles. The van der Waals surface area contributed by atoms with E-state index in [4.69, 9.17) is 16.3 Å². The number of ketones is 1. The highest BCUT2D eigenvalue weighted by Gasteiger charge is 2.16. The van der Waals surface area contributed by atoms with E-state index in [1.807, 2.05) is 6.07 Å². The lowest BCUT2D eigenvalue weighted by Gasteiger charge is -2.09. The zero-order chi connectivity index (χ0) is 14.7. The van der Waals surface area contributed by atoms with Crippen molar-refractivity contribution in [2.45, 2.75) is 6.42 Å². The molecule has 0 spiro atoms. The standard InChI is InChI=1S/C15H11BrClFO2/c1-20-15-8-13(18)12(16)7-11(15)14(19)6-9-3-2-4-10(17)5-9/h2-5,7-8H,6H2,1H3. The van der Waals surface area contributed by atoms with Gasteiger partial charge in [0, 0.05) is 17.5 Å². The van der Waals surface area contributed by atoms with Crippen LogP contribution in [0.1, 0.15) is 15.9 Å². The predicted molar refractivity (Wildman–Crippen MR) is 80.1 cm³/mol. The van der Waals surface area contributed by atoms with Crippen molar-refractivity contribution in [2.75, 3.05) is 7.11 Å². The predicted octanol–water partition coefficient (Wildman–Crippen LogP) is 4.68. The topological polar surface area (TPSA) is 26.3 Å². The third kappa shape index (κ3) is 3.38. The molecule has 2 aromatic carbocycles. The number of hydrogen-bond donors (Lipinski definition) is 0. The van der Waals surface area contributed by atoms with Gasteiger partial charge < -0.3 is 4.74 Å². The summed E-state index contributed by atoms with van der Waals surface area (Å²) in [5.41, 5.74) is 1.13. The van der Waals surface area contributed by atoms with Crippen LogP contribution in [-0.2, 0) is 6.42 Å². The van der Waals surface area contributed by atoms with Gasteiger partial charge in [-0.1, -0.05) is 23.7 Å². The largest absolute Gasteiger partial charge is 0.496 e. The molecular weight excluding hydrogens is 347 g/mol. The van der Waals surface area contributed by atoms with E-state index in [2.05, 4.69) is 15.9 Å². The van der Waals surface area contributed by atoms with Gasteiger partial charge in [-0.2, -0.15) is 0 Å². The maximum Gasteiger partial charge on any atom is 0.171 e. The average Bonchev–Trinajstić information content (AvgIpc) is 2.41. The van der Waals surface area contributed by atoms with Gasteiger partial charge in [-0.15, -0.1) is 0 Å². The summed E-state index contributed by atoms with van der Waals surface area (Å²) < 4.78 is 18.7. The lowest BCUT2D eigenvalue weighted by molar-refractivity contribution is 0.0990. The Bertz CT molecular complexity index is 658. The Kier molecular flexibility index (Phi) is 4.78. The fraction of sp³-hybridized carbons (Fsp3) is 0.133. The SMILES string of the molecule is COc1cc(F)c(Br)cc1C(=O)Cc1cccc(Cl)c1. The van der Waals surface area contributed by atoms with Crippen LogP contribution in [0.2, 0.25) is 5.02 Å². The number of rotatable bonds is 4. The molecule has 0 bridgehead atoms. The third-order valence-corrected chi connectivity index (χ3v) is 3.64. The Balaban J connectivity index is 2.31. The summed E-state index contributed by atoms with van der Waals surface area (Å²) in [5, 5.41) is 0.572. The molecule has 0 aromatic heterocycles. The summed E-state index contributed by atoms with van der Waals surface area (Å²) in [5.74, 6) is -0.413. The van der Waals surface area contributed by atoms with E-state index in [-0.39, 0.29) is 22.4 Å². The van der Waals surface area contributed by atoms with Crippen LogP contribution >= 0.6 is 27.5 Å². The van der Waals surface area contributed by atoms with Crippen molar-refractivity contribution in [3.63, 3.8) is 0 Å². The van der Waals surface area contributed by atoms with E-state index in [0.29, 0.717) is 10.6 Å². The Morgan fingerprint density at radius 1 is 1.35 bits per heavy atom. The smallest absolute Gasteiger partial charge is 0.171 e. The summed E-state index contributed by atoms with van der Waals surface area (Å²) in [4.78, 5) is 12.3. The molecule has 5 heteroatoms. The maximum absolute atomic E-state index is 13.4. The van der Waals surface area contributed by atoms with E-state index >= 15 is 0 Å². The first-order chi connectivity index (χ1) is 9.51. The molecular formula is C15H11BrClFO2. The van der Waals surface area contributed by atoms with Gasteiger partial charge in [-0.05, 0) is 39.7 Å². The minimum absolute atomic E-state index is 0.162. The van der Waals surface area contributed by atoms with Crippen molar-refractivity contribution in [3.8, 4) is 5.75 Å². The number of carbonyl (C=O) groups excluding carboxylic acids is 1. The van der Waals surface area contributed by atoms with Gasteiger partial charge in [0.15, 0.2) is 5.78 Å². The van der Waals surface area contributed by atoms with E-state index < -0.39 is 5.82 Å². The molecule has 20 heavy (non-hydrogen) atoms. The Labute approximate surface area is 129 Å². The van der Waals surface area contributed by atoms with Crippen LogP contribution in [0, 0.1) is 5.82 Å². The minimum atomic E-state index is -0.471. The van der Waals surface area contributed by atoms with Gasteiger partial charge in [-0.25, -0.2) is 4.39 Å². The highest BCUT2D eigenvalue weighted by molar-refractivity contribution is 9.10. The van der Waals surface area contributed by atoms with Crippen LogP contribution < -0.4 is 4.74 Å². The second-order valence-corrected chi connectivity index (χ2v) is 5.49. The lowest BCUT2D eigenvalue weighted by atomic mass is 10.0. The van der Waals surface area contributed by atoms with Crippen LogP contribution in [0.25, 0.3) is 0 Å². The summed E-state index contributed by atoms with van der Waals surface area (Å²) in [6, 6.07) is 9.68. The van der Waals surface area contributed by atoms with E-state index in [1.54, 1.807) is 18.2 Å². The van der Waals surface area contributed by atoms with Crippen LogP contribution in [0.15, 0.2) is 40.9 Å². The molecule has 0 aliphatic rings. The molecule has 2 rings (SSSR count). The number of benzene rings is 2. The van der Waals surface area contributed by atoms with E-state index in [0.717, 1.165) is 5.56 Å². The second-order valence-electron chi connectivity index (χ2n) is 4.20. The molecule has 0 saturated heterocycles. The van der Waals surface area contributed by atoms with Crippen molar-refractivity contribution in [2.24, 2.45) is 0 Å². The lowest BCUT2D eigenvalue weighted by Crippen LogP contribution is -2.06. The van der Waals surface area contributed by atoms with Gasteiger partial charge >= 0.3 is 0 Å². The Morgan fingerprint density at radius 3 is 2.75 bits per heavy atom. The number of Topliss-reactive ketones (excluding diaryl/α,β-unsaturated/α-hetero) is 1. The van der Waals surface area contributed by atoms with Gasteiger partial charge in [0.2, 0.25) is 0 Å². The Hall–Kier alpha value is -1.39. The molecule has 0 aliphatic carbocycles. The third-order valence-electron chi connectivity index (χ3n) is 2.80. The molecule has 0 aliphatic heterocycles. The monoisotopic (exact) mass is 356 g/mol. The summed E-state index contributed by atoms with van der Waals surface area (Å²) in [6.45, 7) is 0. The summed E-state index contributed by atoms with van der Waals surface area (Å²) in [7, 11) is 1.40. The highest BCUT2D eigenvalue weighted by Crippen LogP contribution is 2.27. The van der Waals surface area contributed by atoms with Crippen molar-refractivity contribution in [1.29, 1.82) is 0 Å². The first-order valence-electron chi connectivity index (χ1n) is 5.82. The first-order valence-corrected chi connectivity index (χ1v) is 6.99. The maximum atomic E-state index is 13.4. The molecule has 0 unspecified atom stereocenters. The van der Waals surface area contributed by atoms with Gasteiger partial charge in [-0.3, -0.25) is 4.79 Å². The zero-order valence-electron chi connectivity index (χ0n) is 10.6.